The first-order chi connectivity index (χ1) is 23.3. The summed E-state index contributed by atoms with van der Waals surface area (Å²) in [5.41, 5.74) is -1.12. The van der Waals surface area contributed by atoms with Crippen LogP contribution in [0.25, 0.3) is 0 Å². The molecule has 3 N–H and O–H groups in total. The second kappa shape index (κ2) is 16.7. The molecular weight excluding hydrogens is 758 g/mol. The zero-order valence-corrected chi connectivity index (χ0v) is 28.7. The summed E-state index contributed by atoms with van der Waals surface area (Å²) in [6.45, 7) is 2.73. The number of hydrogen-bond acceptors (Lipinski definition) is 11. The number of alkyl halides is 3. The second-order valence-electron chi connectivity index (χ2n) is 9.46. The molecule has 0 bridgehead atoms. The van der Waals surface area contributed by atoms with E-state index in [9.17, 15) is 36.0 Å². The maximum absolute atomic E-state index is 12.7. The topological polar surface area (TPSA) is 196 Å². The molecule has 3 aromatic carbocycles. The van der Waals surface area contributed by atoms with Crippen LogP contribution in [0.5, 0.6) is 17.5 Å². The molecular formula is C29H23Cl3F3N5O9S. The average molecular weight is 781 g/mol. The van der Waals surface area contributed by atoms with E-state index in [1.54, 1.807) is 13.0 Å². The first-order valence-electron chi connectivity index (χ1n) is 13.4. The van der Waals surface area contributed by atoms with Crippen molar-refractivity contribution in [2.45, 2.75) is 31.0 Å². The van der Waals surface area contributed by atoms with Crippen LogP contribution >= 0.6 is 34.8 Å². The number of ether oxygens (including phenoxy) is 3. The highest BCUT2D eigenvalue weighted by atomic mass is 35.5. The Hall–Kier alpha value is -4.91. The van der Waals surface area contributed by atoms with Crippen molar-refractivity contribution >= 4 is 68.7 Å². The molecule has 0 aliphatic carbocycles. The number of nitrogens with one attached hydrogen (secondary N) is 2. The molecule has 0 aliphatic rings. The highest BCUT2D eigenvalue weighted by molar-refractivity contribution is 7.90. The molecule has 50 heavy (non-hydrogen) atoms. The van der Waals surface area contributed by atoms with Gasteiger partial charge in [-0.3, -0.25) is 5.32 Å². The Balaban J connectivity index is 0.000000274. The van der Waals surface area contributed by atoms with Crippen LogP contribution in [0.2, 0.25) is 15.1 Å². The molecule has 0 saturated heterocycles. The molecule has 0 fully saturated rings. The Morgan fingerprint density at radius 2 is 1.60 bits per heavy atom. The number of hydrogen-bond donors (Lipinski definition) is 3. The number of carbonyl (C=O) groups excluding carboxylic acids is 2. The van der Waals surface area contributed by atoms with Crippen LogP contribution < -0.4 is 19.5 Å². The highest BCUT2D eigenvalue weighted by Gasteiger charge is 2.31. The first-order valence-corrected chi connectivity index (χ1v) is 16.1. The van der Waals surface area contributed by atoms with E-state index in [0.29, 0.717) is 11.9 Å². The number of carbonyl (C=O) groups is 3. The summed E-state index contributed by atoms with van der Waals surface area (Å²) in [4.78, 5) is 45.9. The van der Waals surface area contributed by atoms with Gasteiger partial charge in [0, 0.05) is 0 Å². The van der Waals surface area contributed by atoms with Crippen LogP contribution in [-0.2, 0) is 25.7 Å². The largest absolute Gasteiger partial charge is 0.479 e. The molecule has 0 spiro atoms. The van der Waals surface area contributed by atoms with Crippen LogP contribution in [0.15, 0.2) is 65.6 Å². The number of aromatic nitrogens is 3. The summed E-state index contributed by atoms with van der Waals surface area (Å²) in [7, 11) is -2.78. The van der Waals surface area contributed by atoms with E-state index in [4.69, 9.17) is 54.1 Å². The lowest BCUT2D eigenvalue weighted by atomic mass is 10.2. The fourth-order valence-electron chi connectivity index (χ4n) is 3.46. The number of nitrogens with zero attached hydrogens (tertiary/aromatic N) is 3. The Labute approximate surface area is 296 Å². The van der Waals surface area contributed by atoms with Crippen molar-refractivity contribution in [1.82, 2.24) is 19.7 Å². The number of methoxy groups -OCH3 is 1. The minimum Gasteiger partial charge on any atom is -0.479 e. The summed E-state index contributed by atoms with van der Waals surface area (Å²) in [5.74, 6) is -2.24. The van der Waals surface area contributed by atoms with E-state index in [-0.39, 0.29) is 49.0 Å². The number of rotatable bonds is 9. The van der Waals surface area contributed by atoms with Crippen LogP contribution in [0.4, 0.5) is 23.9 Å². The van der Waals surface area contributed by atoms with Crippen molar-refractivity contribution in [1.29, 1.82) is 0 Å². The molecule has 21 heteroatoms. The van der Waals surface area contributed by atoms with E-state index < -0.39 is 45.8 Å². The minimum absolute atomic E-state index is 0.00882. The normalized spacial score (nSPS) is 11.7. The maximum atomic E-state index is 12.7. The van der Waals surface area contributed by atoms with Gasteiger partial charge in [0.25, 0.3) is 10.0 Å². The molecule has 4 rings (SSSR count). The standard InChI is InChI=1S/C17H11Cl2F3O5.C12H12ClN5O4S/c1-8(15(23)24)26-16(25)11-7-10(3-4-12(11)18)27-14-5-2-9(6-13(14)19)17(20,21)22;1-7-14-10(17-12(15-7)22-2)16-11(19)18-23(20,21)9-6-4-3-5-8(9)13/h2-8H,1H3,(H,23,24);3-6H,1-2H3,(H2,14,15,16,17,18,19)/t8-;/m0./s1. The zero-order chi connectivity index (χ0) is 37.4. The number of sulfonamides is 1. The monoisotopic (exact) mass is 779 g/mol. The summed E-state index contributed by atoms with van der Waals surface area (Å²) in [6.07, 6.45) is -5.96. The van der Waals surface area contributed by atoms with E-state index in [1.807, 2.05) is 4.72 Å². The molecule has 0 radical (unpaired) electrons. The van der Waals surface area contributed by atoms with Gasteiger partial charge in [0.15, 0.2) is 6.10 Å². The fourth-order valence-corrected chi connectivity index (χ4v) is 5.30. The third-order valence-electron chi connectivity index (χ3n) is 5.76. The Kier molecular flexibility index (Phi) is 13.2. The smallest absolute Gasteiger partial charge is 0.416 e. The van der Waals surface area contributed by atoms with Crippen LogP contribution in [0.3, 0.4) is 0 Å². The number of amides is 2. The van der Waals surface area contributed by atoms with E-state index in [0.717, 1.165) is 25.1 Å². The number of carboxylic acids is 1. The van der Waals surface area contributed by atoms with Crippen molar-refractivity contribution in [3.8, 4) is 17.5 Å². The quantitative estimate of drug-likeness (QED) is 0.151. The van der Waals surface area contributed by atoms with Crippen molar-refractivity contribution in [3.05, 3.63) is 92.7 Å². The van der Waals surface area contributed by atoms with Crippen LogP contribution in [0, 0.1) is 6.92 Å². The molecule has 0 saturated carbocycles. The van der Waals surface area contributed by atoms with Gasteiger partial charge in [0.05, 0.1) is 33.3 Å². The van der Waals surface area contributed by atoms with Crippen molar-refractivity contribution in [2.75, 3.05) is 12.4 Å². The number of aliphatic carboxylic acids is 1. The predicted molar refractivity (Wildman–Crippen MR) is 172 cm³/mol. The molecule has 4 aromatic rings. The van der Waals surface area contributed by atoms with E-state index >= 15 is 0 Å². The van der Waals surface area contributed by atoms with Gasteiger partial charge in [0.2, 0.25) is 5.95 Å². The number of anilines is 1. The fraction of sp³-hybridized carbons (Fsp3) is 0.172. The summed E-state index contributed by atoms with van der Waals surface area (Å²) >= 11 is 17.5. The lowest BCUT2D eigenvalue weighted by molar-refractivity contribution is -0.146. The SMILES string of the molecule is COc1nc(C)nc(NC(=O)NS(=O)(=O)c2ccccc2Cl)n1.C[C@H](OC(=O)c1cc(Oc2ccc(C(F)(F)F)cc2Cl)ccc1Cl)C(=O)O. The van der Waals surface area contributed by atoms with Gasteiger partial charge in [-0.25, -0.2) is 27.5 Å². The molecule has 0 aliphatic heterocycles. The molecule has 266 valence electrons. The summed E-state index contributed by atoms with van der Waals surface area (Å²) in [6, 6.07) is 11.0. The summed E-state index contributed by atoms with van der Waals surface area (Å²) < 4.78 is 79.0. The Morgan fingerprint density at radius 3 is 2.20 bits per heavy atom. The highest BCUT2D eigenvalue weighted by Crippen LogP contribution is 2.37. The minimum atomic E-state index is -4.56. The lowest BCUT2D eigenvalue weighted by Gasteiger charge is -2.13. The van der Waals surface area contributed by atoms with Gasteiger partial charge in [-0.2, -0.15) is 28.1 Å². The lowest BCUT2D eigenvalue weighted by Crippen LogP contribution is -2.35. The predicted octanol–water partition coefficient (Wildman–Crippen LogP) is 6.79. The van der Waals surface area contributed by atoms with Crippen LogP contribution in [-0.4, -0.2) is 59.7 Å². The van der Waals surface area contributed by atoms with Crippen LogP contribution in [0.1, 0.15) is 28.7 Å². The second-order valence-corrected chi connectivity index (χ2v) is 12.3. The van der Waals surface area contributed by atoms with Crippen molar-refractivity contribution in [2.24, 2.45) is 0 Å². The number of carboxylic acid groups (broad SMARTS) is 1. The number of benzene rings is 3. The molecule has 14 nitrogen and oxygen atoms in total. The number of aryl methyl sites for hydroxylation is 1. The van der Waals surface area contributed by atoms with Gasteiger partial charge in [-0.05, 0) is 62.4 Å². The van der Waals surface area contributed by atoms with Gasteiger partial charge in [0.1, 0.15) is 22.2 Å². The molecule has 1 aromatic heterocycles. The Bertz CT molecular complexity index is 2020. The molecule has 1 atom stereocenters. The summed E-state index contributed by atoms with van der Waals surface area (Å²) in [5, 5.41) is 10.6. The van der Waals surface area contributed by atoms with Gasteiger partial charge in [-0.1, -0.05) is 46.9 Å². The molecule has 1 heterocycles. The molecule has 0 unspecified atom stereocenters. The number of esters is 1. The number of halogens is 6. The van der Waals surface area contributed by atoms with E-state index in [2.05, 4.69) is 20.3 Å². The van der Waals surface area contributed by atoms with E-state index in [1.165, 1.54) is 37.4 Å². The van der Waals surface area contributed by atoms with Crippen molar-refractivity contribution in [3.63, 3.8) is 0 Å². The maximum Gasteiger partial charge on any atom is 0.416 e. The zero-order valence-electron chi connectivity index (χ0n) is 25.6. The molecule has 2 amide bonds. The third-order valence-corrected chi connectivity index (χ3v) is 8.22. The average Bonchev–Trinajstić information content (AvgIpc) is 3.02. The van der Waals surface area contributed by atoms with Gasteiger partial charge in [-0.15, -0.1) is 0 Å². The van der Waals surface area contributed by atoms with Crippen molar-refractivity contribution < 1.29 is 55.3 Å². The third kappa shape index (κ3) is 11.1. The van der Waals surface area contributed by atoms with Gasteiger partial charge >= 0.3 is 30.2 Å². The van der Waals surface area contributed by atoms with Gasteiger partial charge < -0.3 is 19.3 Å². The first kappa shape index (κ1) is 39.5. The Morgan fingerprint density at radius 1 is 0.920 bits per heavy atom. The number of urea groups is 1.